The zero-order valence-corrected chi connectivity index (χ0v) is 9.16. The lowest BCUT2D eigenvalue weighted by Crippen LogP contribution is -2.19. The number of nitrogens with zero attached hydrogens (tertiary/aromatic N) is 2. The van der Waals surface area contributed by atoms with Crippen LogP contribution in [0.4, 0.5) is 5.69 Å². The molecular formula is C9H13BrN2O. The van der Waals surface area contributed by atoms with Crippen LogP contribution in [0.1, 0.15) is 6.42 Å². The summed E-state index contributed by atoms with van der Waals surface area (Å²) in [6.07, 6.45) is 2.59. The summed E-state index contributed by atoms with van der Waals surface area (Å²) >= 11 is 3.28. The van der Waals surface area contributed by atoms with Crippen LogP contribution in [0, 0.1) is 0 Å². The molecule has 0 aliphatic carbocycles. The average molecular weight is 245 g/mol. The highest BCUT2D eigenvalue weighted by atomic mass is 79.9. The fourth-order valence-electron chi connectivity index (χ4n) is 1.03. The topological polar surface area (TPSA) is 36.4 Å². The number of aromatic nitrogens is 1. The average Bonchev–Trinajstić information content (AvgIpc) is 2.15. The zero-order chi connectivity index (χ0) is 9.68. The molecule has 0 aromatic carbocycles. The summed E-state index contributed by atoms with van der Waals surface area (Å²) in [4.78, 5) is 6.19. The molecule has 72 valence electrons. The van der Waals surface area contributed by atoms with Crippen molar-refractivity contribution in [2.45, 2.75) is 6.42 Å². The highest BCUT2D eigenvalue weighted by molar-refractivity contribution is 9.10. The maximum Gasteiger partial charge on any atom is 0.106 e. The maximum atomic E-state index is 8.66. The van der Waals surface area contributed by atoms with Crippen molar-refractivity contribution in [2.24, 2.45) is 0 Å². The number of anilines is 1. The van der Waals surface area contributed by atoms with Gasteiger partial charge in [-0.1, -0.05) is 0 Å². The molecule has 3 nitrogen and oxygen atoms in total. The van der Waals surface area contributed by atoms with E-state index in [1.54, 1.807) is 0 Å². The first-order valence-electron chi connectivity index (χ1n) is 4.17. The van der Waals surface area contributed by atoms with Gasteiger partial charge in [-0.25, -0.2) is 4.98 Å². The number of pyridine rings is 1. The third kappa shape index (κ3) is 3.32. The first-order chi connectivity index (χ1) is 6.24. The van der Waals surface area contributed by atoms with E-state index in [9.17, 15) is 0 Å². The Bertz CT molecular complexity index is 250. The summed E-state index contributed by atoms with van der Waals surface area (Å²) in [5.74, 6) is 0. The molecule has 0 unspecified atom stereocenters. The highest BCUT2D eigenvalue weighted by Gasteiger charge is 1.99. The molecule has 0 aliphatic rings. The molecule has 0 amide bonds. The Morgan fingerprint density at radius 3 is 2.85 bits per heavy atom. The molecule has 1 rings (SSSR count). The molecule has 1 heterocycles. The van der Waals surface area contributed by atoms with Crippen LogP contribution in [0.25, 0.3) is 0 Å². The van der Waals surface area contributed by atoms with Gasteiger partial charge in [-0.15, -0.1) is 0 Å². The van der Waals surface area contributed by atoms with Crippen molar-refractivity contribution < 1.29 is 5.11 Å². The van der Waals surface area contributed by atoms with E-state index in [0.717, 1.165) is 23.3 Å². The minimum atomic E-state index is 0.230. The van der Waals surface area contributed by atoms with Gasteiger partial charge in [0.15, 0.2) is 0 Å². The lowest BCUT2D eigenvalue weighted by Gasteiger charge is -2.17. The van der Waals surface area contributed by atoms with Crippen molar-refractivity contribution in [3.63, 3.8) is 0 Å². The van der Waals surface area contributed by atoms with Gasteiger partial charge in [-0.3, -0.25) is 0 Å². The van der Waals surface area contributed by atoms with E-state index in [0.29, 0.717) is 0 Å². The van der Waals surface area contributed by atoms with E-state index in [1.165, 1.54) is 0 Å². The molecule has 1 N–H and O–H groups in total. The number of aliphatic hydroxyl groups is 1. The van der Waals surface area contributed by atoms with E-state index in [4.69, 9.17) is 5.11 Å². The molecule has 0 fully saturated rings. The van der Waals surface area contributed by atoms with Gasteiger partial charge in [0.1, 0.15) is 4.60 Å². The number of hydrogen-bond acceptors (Lipinski definition) is 3. The fraction of sp³-hybridized carbons (Fsp3) is 0.444. The molecule has 0 radical (unpaired) electrons. The van der Waals surface area contributed by atoms with Gasteiger partial charge in [0, 0.05) is 20.2 Å². The van der Waals surface area contributed by atoms with E-state index < -0.39 is 0 Å². The quantitative estimate of drug-likeness (QED) is 0.819. The van der Waals surface area contributed by atoms with Gasteiger partial charge < -0.3 is 10.0 Å². The predicted octanol–water partition coefficient (Wildman–Crippen LogP) is 1.66. The zero-order valence-electron chi connectivity index (χ0n) is 7.57. The van der Waals surface area contributed by atoms with Crippen LogP contribution in [0.2, 0.25) is 0 Å². The third-order valence-corrected chi connectivity index (χ3v) is 2.27. The van der Waals surface area contributed by atoms with Gasteiger partial charge in [0.05, 0.1) is 11.9 Å². The molecular weight excluding hydrogens is 232 g/mol. The van der Waals surface area contributed by atoms with Gasteiger partial charge in [-0.05, 0) is 34.5 Å². The van der Waals surface area contributed by atoms with Gasteiger partial charge in [0.2, 0.25) is 0 Å². The molecule has 4 heteroatoms. The van der Waals surface area contributed by atoms with Crippen molar-refractivity contribution >= 4 is 21.6 Å². The molecule has 1 aromatic heterocycles. The van der Waals surface area contributed by atoms with Crippen molar-refractivity contribution in [3.05, 3.63) is 22.9 Å². The maximum absolute atomic E-state index is 8.66. The van der Waals surface area contributed by atoms with Crippen LogP contribution >= 0.6 is 15.9 Å². The summed E-state index contributed by atoms with van der Waals surface area (Å²) in [5, 5.41) is 8.66. The molecule has 0 saturated heterocycles. The number of aliphatic hydroxyl groups excluding tert-OH is 1. The van der Waals surface area contributed by atoms with Crippen molar-refractivity contribution in [2.75, 3.05) is 25.1 Å². The van der Waals surface area contributed by atoms with Gasteiger partial charge in [0.25, 0.3) is 0 Å². The minimum Gasteiger partial charge on any atom is -0.396 e. The van der Waals surface area contributed by atoms with Crippen LogP contribution in [0.5, 0.6) is 0 Å². The number of rotatable bonds is 4. The second-order valence-corrected chi connectivity index (χ2v) is 3.65. The normalized spacial score (nSPS) is 10.1. The molecule has 13 heavy (non-hydrogen) atoms. The first-order valence-corrected chi connectivity index (χ1v) is 4.97. The van der Waals surface area contributed by atoms with Crippen LogP contribution in [0.15, 0.2) is 22.9 Å². The Balaban J connectivity index is 2.55. The molecule has 0 bridgehead atoms. The largest absolute Gasteiger partial charge is 0.396 e. The van der Waals surface area contributed by atoms with E-state index in [2.05, 4.69) is 25.8 Å². The van der Waals surface area contributed by atoms with E-state index >= 15 is 0 Å². The Morgan fingerprint density at radius 2 is 2.31 bits per heavy atom. The summed E-state index contributed by atoms with van der Waals surface area (Å²) in [5.41, 5.74) is 1.07. The van der Waals surface area contributed by atoms with E-state index in [-0.39, 0.29) is 6.61 Å². The standard InChI is InChI=1S/C9H13BrN2O/c1-12(5-2-6-13)8-3-4-9(10)11-7-8/h3-4,7,13H,2,5-6H2,1H3. The summed E-state index contributed by atoms with van der Waals surface area (Å²) in [6, 6.07) is 3.90. The van der Waals surface area contributed by atoms with Crippen molar-refractivity contribution in [1.82, 2.24) is 4.98 Å². The molecule has 0 atom stereocenters. The Kier molecular flexibility index (Phi) is 4.18. The first kappa shape index (κ1) is 10.5. The van der Waals surface area contributed by atoms with Crippen LogP contribution in [-0.2, 0) is 0 Å². The Morgan fingerprint density at radius 1 is 1.54 bits per heavy atom. The lowest BCUT2D eigenvalue weighted by atomic mass is 10.3. The monoisotopic (exact) mass is 244 g/mol. The minimum absolute atomic E-state index is 0.230. The predicted molar refractivity (Wildman–Crippen MR) is 56.9 cm³/mol. The van der Waals surface area contributed by atoms with E-state index in [1.807, 2.05) is 25.4 Å². The molecule has 0 spiro atoms. The number of halogens is 1. The highest BCUT2D eigenvalue weighted by Crippen LogP contribution is 2.13. The van der Waals surface area contributed by atoms with Crippen LogP contribution in [0.3, 0.4) is 0 Å². The lowest BCUT2D eigenvalue weighted by molar-refractivity contribution is 0.290. The molecule has 0 aliphatic heterocycles. The summed E-state index contributed by atoms with van der Waals surface area (Å²) in [7, 11) is 1.99. The SMILES string of the molecule is CN(CCCO)c1ccc(Br)nc1. The van der Waals surface area contributed by atoms with Crippen molar-refractivity contribution in [1.29, 1.82) is 0 Å². The Hall–Kier alpha value is -0.610. The van der Waals surface area contributed by atoms with Crippen LogP contribution < -0.4 is 4.90 Å². The fourth-order valence-corrected chi connectivity index (χ4v) is 1.27. The smallest absolute Gasteiger partial charge is 0.106 e. The Labute approximate surface area is 86.5 Å². The number of hydrogen-bond donors (Lipinski definition) is 1. The second-order valence-electron chi connectivity index (χ2n) is 2.84. The van der Waals surface area contributed by atoms with Gasteiger partial charge in [-0.2, -0.15) is 0 Å². The molecule has 0 saturated carbocycles. The third-order valence-electron chi connectivity index (χ3n) is 1.80. The van der Waals surface area contributed by atoms with Gasteiger partial charge >= 0.3 is 0 Å². The summed E-state index contributed by atoms with van der Waals surface area (Å²) in [6.45, 7) is 1.08. The van der Waals surface area contributed by atoms with Crippen LogP contribution in [-0.4, -0.2) is 30.3 Å². The second kappa shape index (κ2) is 5.19. The molecule has 1 aromatic rings. The van der Waals surface area contributed by atoms with Crippen molar-refractivity contribution in [3.8, 4) is 0 Å². The summed E-state index contributed by atoms with van der Waals surface area (Å²) < 4.78 is 0.840.